The number of esters is 1. The number of methoxy groups -OCH3 is 1. The zero-order chi connectivity index (χ0) is 18.0. The number of carbonyl (C=O) groups is 2. The van der Waals surface area contributed by atoms with Crippen LogP contribution < -0.4 is 4.74 Å². The molecule has 0 atom stereocenters. The van der Waals surface area contributed by atoms with Crippen LogP contribution in [0.3, 0.4) is 0 Å². The van der Waals surface area contributed by atoms with Gasteiger partial charge < -0.3 is 13.9 Å². The molecule has 3 aromatic rings. The van der Waals surface area contributed by atoms with E-state index in [1.807, 2.05) is 12.1 Å². The molecule has 0 bridgehead atoms. The highest BCUT2D eigenvalue weighted by Crippen LogP contribution is 2.26. The van der Waals surface area contributed by atoms with Crippen molar-refractivity contribution < 1.29 is 27.9 Å². The van der Waals surface area contributed by atoms with Crippen molar-refractivity contribution in [3.8, 4) is 5.75 Å². The van der Waals surface area contributed by atoms with E-state index in [-0.39, 0.29) is 17.1 Å². The summed E-state index contributed by atoms with van der Waals surface area (Å²) in [7, 11) is 1.37. The smallest absolute Gasteiger partial charge is 0.375 e. The highest BCUT2D eigenvalue weighted by molar-refractivity contribution is 6.02. The van der Waals surface area contributed by atoms with Crippen LogP contribution in [-0.4, -0.2) is 25.5 Å². The molecule has 5 nitrogen and oxygen atoms in total. The molecule has 3 rings (SSSR count). The van der Waals surface area contributed by atoms with E-state index >= 15 is 0 Å². The number of rotatable bonds is 5. The van der Waals surface area contributed by atoms with Crippen LogP contribution in [0.1, 0.15) is 26.5 Å². The molecule has 0 spiro atoms. The second-order valence-corrected chi connectivity index (χ2v) is 5.40. The third-order valence-electron chi connectivity index (χ3n) is 3.83. The van der Waals surface area contributed by atoms with Crippen molar-refractivity contribution >= 4 is 22.7 Å². The third-order valence-corrected chi connectivity index (χ3v) is 3.83. The van der Waals surface area contributed by atoms with Crippen LogP contribution in [0.25, 0.3) is 11.0 Å². The molecule has 6 heteroatoms. The van der Waals surface area contributed by atoms with E-state index in [1.54, 1.807) is 19.1 Å². The SMILES string of the molecule is COc1ccc(F)cc1C(=O)COC(=O)c1oc2ccccc2c1C. The summed E-state index contributed by atoms with van der Waals surface area (Å²) in [6, 6.07) is 10.8. The monoisotopic (exact) mass is 342 g/mol. The lowest BCUT2D eigenvalue weighted by Crippen LogP contribution is -2.15. The van der Waals surface area contributed by atoms with Crippen molar-refractivity contribution in [1.82, 2.24) is 0 Å². The summed E-state index contributed by atoms with van der Waals surface area (Å²) in [5, 5.41) is 0.799. The van der Waals surface area contributed by atoms with E-state index in [4.69, 9.17) is 13.9 Å². The van der Waals surface area contributed by atoms with Gasteiger partial charge in [-0.1, -0.05) is 18.2 Å². The van der Waals surface area contributed by atoms with Crippen LogP contribution in [0.5, 0.6) is 5.75 Å². The standard InChI is InChI=1S/C19H15FO5/c1-11-13-5-3-4-6-17(13)25-18(11)19(22)24-10-15(21)14-9-12(20)7-8-16(14)23-2/h3-9H,10H2,1-2H3. The fraction of sp³-hybridized carbons (Fsp3) is 0.158. The Balaban J connectivity index is 1.77. The summed E-state index contributed by atoms with van der Waals surface area (Å²) in [4.78, 5) is 24.4. The van der Waals surface area contributed by atoms with Gasteiger partial charge in [0.1, 0.15) is 17.1 Å². The van der Waals surface area contributed by atoms with Crippen molar-refractivity contribution in [2.75, 3.05) is 13.7 Å². The summed E-state index contributed by atoms with van der Waals surface area (Å²) in [6.07, 6.45) is 0. The summed E-state index contributed by atoms with van der Waals surface area (Å²) < 4.78 is 28.9. The molecular weight excluding hydrogens is 327 g/mol. The van der Waals surface area contributed by atoms with E-state index in [0.29, 0.717) is 11.1 Å². The molecule has 0 aliphatic heterocycles. The Morgan fingerprint density at radius 3 is 2.64 bits per heavy atom. The number of hydrogen-bond acceptors (Lipinski definition) is 5. The van der Waals surface area contributed by atoms with Crippen LogP contribution in [0.2, 0.25) is 0 Å². The minimum atomic E-state index is -0.752. The molecule has 0 radical (unpaired) electrons. The van der Waals surface area contributed by atoms with Crippen molar-refractivity contribution in [3.63, 3.8) is 0 Å². The van der Waals surface area contributed by atoms with Gasteiger partial charge in [-0.25, -0.2) is 9.18 Å². The van der Waals surface area contributed by atoms with Gasteiger partial charge in [-0.05, 0) is 31.2 Å². The van der Waals surface area contributed by atoms with Gasteiger partial charge in [-0.15, -0.1) is 0 Å². The topological polar surface area (TPSA) is 65.7 Å². The van der Waals surface area contributed by atoms with Gasteiger partial charge in [0.05, 0.1) is 12.7 Å². The van der Waals surface area contributed by atoms with Crippen molar-refractivity contribution in [2.45, 2.75) is 6.92 Å². The molecule has 128 valence electrons. The number of furan rings is 1. The Labute approximate surface area is 143 Å². The molecule has 25 heavy (non-hydrogen) atoms. The maximum atomic E-state index is 13.3. The first-order valence-electron chi connectivity index (χ1n) is 7.53. The Hall–Kier alpha value is -3.15. The number of carbonyl (C=O) groups excluding carboxylic acids is 2. The number of hydrogen-bond donors (Lipinski definition) is 0. The minimum Gasteiger partial charge on any atom is -0.496 e. The number of para-hydroxylation sites is 1. The molecule has 0 aliphatic rings. The van der Waals surface area contributed by atoms with Gasteiger partial charge in [0, 0.05) is 10.9 Å². The molecule has 0 saturated heterocycles. The Bertz CT molecular complexity index is 958. The van der Waals surface area contributed by atoms with Gasteiger partial charge in [0.15, 0.2) is 6.61 Å². The first kappa shape index (κ1) is 16.7. The van der Waals surface area contributed by atoms with Gasteiger partial charge in [0.2, 0.25) is 11.5 Å². The van der Waals surface area contributed by atoms with Crippen LogP contribution in [0.4, 0.5) is 4.39 Å². The highest BCUT2D eigenvalue weighted by Gasteiger charge is 2.21. The number of benzene rings is 2. The molecule has 0 N–H and O–H groups in total. The molecular formula is C19H15FO5. The molecule has 0 fully saturated rings. The lowest BCUT2D eigenvalue weighted by Gasteiger charge is -2.08. The fourth-order valence-electron chi connectivity index (χ4n) is 2.54. The summed E-state index contributed by atoms with van der Waals surface area (Å²) in [6.45, 7) is 1.19. The maximum absolute atomic E-state index is 13.3. The van der Waals surface area contributed by atoms with Crippen molar-refractivity contribution in [2.24, 2.45) is 0 Å². The molecule has 0 unspecified atom stereocenters. The van der Waals surface area contributed by atoms with Crippen LogP contribution in [-0.2, 0) is 4.74 Å². The van der Waals surface area contributed by atoms with Crippen LogP contribution >= 0.6 is 0 Å². The number of halogens is 1. The molecule has 1 heterocycles. The van der Waals surface area contributed by atoms with Crippen LogP contribution in [0, 0.1) is 12.7 Å². The second kappa shape index (κ2) is 6.76. The largest absolute Gasteiger partial charge is 0.496 e. The maximum Gasteiger partial charge on any atom is 0.375 e. The Morgan fingerprint density at radius 1 is 1.16 bits per heavy atom. The van der Waals surface area contributed by atoms with Crippen LogP contribution in [0.15, 0.2) is 46.9 Å². The molecule has 2 aromatic carbocycles. The highest BCUT2D eigenvalue weighted by atomic mass is 19.1. The van der Waals surface area contributed by atoms with Crippen molar-refractivity contribution in [1.29, 1.82) is 0 Å². The van der Waals surface area contributed by atoms with Gasteiger partial charge in [-0.3, -0.25) is 4.79 Å². The zero-order valence-electron chi connectivity index (χ0n) is 13.7. The number of ketones is 1. The molecule has 0 saturated carbocycles. The lowest BCUT2D eigenvalue weighted by atomic mass is 10.1. The Kier molecular flexibility index (Phi) is 4.52. The second-order valence-electron chi connectivity index (χ2n) is 5.40. The summed E-state index contributed by atoms with van der Waals surface area (Å²) in [5.74, 6) is -1.65. The number of Topliss-reactive ketones (excluding diaryl/α,β-unsaturated/α-hetero) is 1. The number of aryl methyl sites for hydroxylation is 1. The first-order chi connectivity index (χ1) is 12.0. The molecule has 1 aromatic heterocycles. The molecule has 0 amide bonds. The predicted molar refractivity (Wildman–Crippen MR) is 88.5 cm³/mol. The summed E-state index contributed by atoms with van der Waals surface area (Å²) in [5.41, 5.74) is 1.21. The lowest BCUT2D eigenvalue weighted by molar-refractivity contribution is 0.0444. The average molecular weight is 342 g/mol. The van der Waals surface area contributed by atoms with E-state index in [0.717, 1.165) is 11.5 Å². The minimum absolute atomic E-state index is 0.0108. The average Bonchev–Trinajstić information content (AvgIpc) is 2.96. The number of fused-ring (bicyclic) bond motifs is 1. The van der Waals surface area contributed by atoms with E-state index in [2.05, 4.69) is 0 Å². The molecule has 0 aliphatic carbocycles. The zero-order valence-corrected chi connectivity index (χ0v) is 13.7. The quantitative estimate of drug-likeness (QED) is 0.519. The van der Waals surface area contributed by atoms with Gasteiger partial charge in [-0.2, -0.15) is 0 Å². The van der Waals surface area contributed by atoms with E-state index in [1.165, 1.54) is 19.2 Å². The summed E-state index contributed by atoms with van der Waals surface area (Å²) >= 11 is 0. The normalized spacial score (nSPS) is 10.7. The predicted octanol–water partition coefficient (Wildman–Crippen LogP) is 3.93. The number of ether oxygens (including phenoxy) is 2. The third kappa shape index (κ3) is 3.24. The first-order valence-corrected chi connectivity index (χ1v) is 7.53. The van der Waals surface area contributed by atoms with E-state index < -0.39 is 24.2 Å². The fourth-order valence-corrected chi connectivity index (χ4v) is 2.54. The van der Waals surface area contributed by atoms with Crippen molar-refractivity contribution in [3.05, 3.63) is 65.2 Å². The van der Waals surface area contributed by atoms with Gasteiger partial charge in [0.25, 0.3) is 0 Å². The Morgan fingerprint density at radius 2 is 1.92 bits per heavy atom. The van der Waals surface area contributed by atoms with E-state index in [9.17, 15) is 14.0 Å². The van der Waals surface area contributed by atoms with Gasteiger partial charge >= 0.3 is 5.97 Å².